The number of esters is 1. The molecule has 2 aromatic rings. The van der Waals surface area contributed by atoms with Crippen molar-refractivity contribution in [2.45, 2.75) is 79.5 Å². The molecule has 16 heteroatoms. The number of hydrogen-bond acceptors (Lipinski definition) is 15. The molecule has 4 N–H and O–H groups in total. The van der Waals surface area contributed by atoms with E-state index in [-0.39, 0.29) is 49.5 Å². The van der Waals surface area contributed by atoms with Crippen molar-refractivity contribution in [1.29, 1.82) is 0 Å². The lowest BCUT2D eigenvalue weighted by Crippen LogP contribution is -2.45. The molecular formula is C47H54N4O11S. The minimum absolute atomic E-state index is 0.0244. The molecule has 5 aliphatic heterocycles. The minimum Gasteiger partial charge on any atom is -0.507 e. The zero-order chi connectivity index (χ0) is 46.0. The molecule has 9 atom stereocenters. The van der Waals surface area contributed by atoms with Crippen LogP contribution in [-0.2, 0) is 23.9 Å². The molecule has 8 rings (SSSR count). The van der Waals surface area contributed by atoms with Gasteiger partial charge in [0.25, 0.3) is 11.7 Å². The van der Waals surface area contributed by atoms with Crippen molar-refractivity contribution in [1.82, 2.24) is 4.98 Å². The lowest BCUT2D eigenvalue weighted by atomic mass is 9.77. The van der Waals surface area contributed by atoms with E-state index in [0.29, 0.717) is 16.5 Å². The molecule has 334 valence electrons. The molecule has 0 spiro atoms. The number of nitrogens with zero attached hydrogens (tertiary/aromatic N) is 3. The summed E-state index contributed by atoms with van der Waals surface area (Å²) in [5.41, 5.74) is 1.94. The summed E-state index contributed by atoms with van der Waals surface area (Å²) in [7, 11) is 3.97. The number of phenols is 1. The Morgan fingerprint density at radius 1 is 0.984 bits per heavy atom. The highest BCUT2D eigenvalue weighted by Gasteiger charge is 2.50. The maximum absolute atomic E-state index is 14.8. The SMILES string of the molecule is CC(=O)O[C@H]1[C@H](C)[C@H](O)[C@H](C)[C@@H](O)[C@@H](C)/C=C/C=C(/C)C(=O)Nc2c3sc4cc5c(cc4nc-3c3c4c(c(C)c(O)c3c2=O)O[C@](C)(O/C=C/[C@H](C=O)[C@H]1C)C4=O)N(C)CCN5C. The Morgan fingerprint density at radius 2 is 1.65 bits per heavy atom. The lowest BCUT2D eigenvalue weighted by Gasteiger charge is -2.37. The first-order valence-corrected chi connectivity index (χ1v) is 21.8. The molecule has 0 fully saturated rings. The fourth-order valence-corrected chi connectivity index (χ4v) is 9.99. The number of aliphatic hydroxyl groups excluding tert-OH is 2. The predicted octanol–water partition coefficient (Wildman–Crippen LogP) is 6.10. The Kier molecular flexibility index (Phi) is 12.2. The molecule has 0 saturated heterocycles. The Labute approximate surface area is 369 Å². The predicted molar refractivity (Wildman–Crippen MR) is 242 cm³/mol. The molecule has 0 unspecified atom stereocenters. The average molecular weight is 883 g/mol. The maximum atomic E-state index is 14.8. The van der Waals surface area contributed by atoms with Crippen molar-refractivity contribution >= 4 is 73.3 Å². The number of anilines is 3. The summed E-state index contributed by atoms with van der Waals surface area (Å²) in [5, 5.41) is 37.4. The normalized spacial score (nSPS) is 30.1. The number of Topliss-reactive ketones (excluding diaryl/α,β-unsaturated/α-hetero) is 1. The van der Waals surface area contributed by atoms with E-state index in [2.05, 4.69) is 15.1 Å². The number of aldehydes is 1. The summed E-state index contributed by atoms with van der Waals surface area (Å²) in [5.74, 6) is -8.20. The number of rotatable bonds is 2. The summed E-state index contributed by atoms with van der Waals surface area (Å²) in [6, 6.07) is 3.91. The van der Waals surface area contributed by atoms with Crippen LogP contribution in [0.5, 0.6) is 11.5 Å². The number of aliphatic hydroxyl groups is 2. The van der Waals surface area contributed by atoms with Gasteiger partial charge >= 0.3 is 11.8 Å². The molecule has 0 radical (unpaired) electrons. The third-order valence-corrected chi connectivity index (χ3v) is 14.2. The number of aromatic hydroxyl groups is 1. The number of allylic oxidation sites excluding steroid dienone is 3. The Balaban J connectivity index is 1.47. The number of aromatic nitrogens is 1. The number of amides is 1. The van der Waals surface area contributed by atoms with Crippen LogP contribution in [0.2, 0.25) is 0 Å². The first kappa shape index (κ1) is 45.2. The van der Waals surface area contributed by atoms with Crippen LogP contribution in [0.4, 0.5) is 17.1 Å². The first-order valence-electron chi connectivity index (χ1n) is 21.0. The number of nitrogens with one attached hydrogen (secondary N) is 1. The van der Waals surface area contributed by atoms with Gasteiger partial charge in [0.2, 0.25) is 5.43 Å². The number of ketones is 1. The van der Waals surface area contributed by atoms with Crippen LogP contribution < -0.4 is 25.3 Å². The molecule has 2 aromatic carbocycles. The average Bonchev–Trinajstić information content (AvgIpc) is 3.51. The highest BCUT2D eigenvalue weighted by molar-refractivity contribution is 7.22. The number of hydrogen-bond donors (Lipinski definition) is 4. The van der Waals surface area contributed by atoms with Gasteiger partial charge in [0.15, 0.2) is 0 Å². The number of carbonyl (C=O) groups excluding carboxylic acids is 4. The van der Waals surface area contributed by atoms with Gasteiger partial charge in [0.1, 0.15) is 29.6 Å². The van der Waals surface area contributed by atoms with E-state index in [0.717, 1.165) is 30.7 Å². The molecule has 0 aromatic heterocycles. The van der Waals surface area contributed by atoms with Gasteiger partial charge in [-0.2, -0.15) is 0 Å². The molecule has 15 nitrogen and oxygen atoms in total. The highest BCUT2D eigenvalue weighted by atomic mass is 32.1. The number of carbonyl (C=O) groups is 4. The van der Waals surface area contributed by atoms with E-state index in [9.17, 15) is 39.3 Å². The quantitative estimate of drug-likeness (QED) is 0.0777. The number of phenolic OH excluding ortho intramolecular Hbond substituents is 1. The molecule has 5 bridgehead atoms. The fourth-order valence-electron chi connectivity index (χ4n) is 8.90. The van der Waals surface area contributed by atoms with E-state index in [4.69, 9.17) is 19.2 Å². The molecule has 1 aliphatic carbocycles. The van der Waals surface area contributed by atoms with Crippen molar-refractivity contribution in [2.24, 2.45) is 29.6 Å². The minimum atomic E-state index is -2.06. The maximum Gasteiger partial charge on any atom is 0.312 e. The van der Waals surface area contributed by atoms with Crippen molar-refractivity contribution in [3.05, 3.63) is 69.6 Å². The Morgan fingerprint density at radius 3 is 2.30 bits per heavy atom. The number of ether oxygens (including phenoxy) is 3. The van der Waals surface area contributed by atoms with E-state index in [1.807, 2.05) is 26.2 Å². The van der Waals surface area contributed by atoms with E-state index < -0.39 is 82.5 Å². The lowest BCUT2D eigenvalue weighted by molar-refractivity contribution is -0.159. The number of fused-ring (bicyclic) bond motifs is 15. The topological polar surface area (TPSA) is 205 Å². The summed E-state index contributed by atoms with van der Waals surface area (Å²) < 4.78 is 18.7. The van der Waals surface area contributed by atoms with Crippen LogP contribution in [0.25, 0.3) is 31.6 Å². The number of likely N-dealkylation sites (N-methyl/N-ethyl adjacent to an activating group) is 2. The molecule has 6 aliphatic rings. The second-order valence-corrected chi connectivity index (χ2v) is 18.4. The summed E-state index contributed by atoms with van der Waals surface area (Å²) >= 11 is 1.21. The van der Waals surface area contributed by atoms with Crippen LogP contribution in [0.1, 0.15) is 64.4 Å². The van der Waals surface area contributed by atoms with Gasteiger partial charge in [-0.3, -0.25) is 19.2 Å². The third kappa shape index (κ3) is 7.82. The van der Waals surface area contributed by atoms with Gasteiger partial charge in [-0.1, -0.05) is 45.9 Å². The number of benzene rings is 3. The van der Waals surface area contributed by atoms with Gasteiger partial charge in [-0.25, -0.2) is 4.98 Å². The molecular weight excluding hydrogens is 829 g/mol. The van der Waals surface area contributed by atoms with Crippen LogP contribution >= 0.6 is 11.3 Å². The zero-order valence-corrected chi connectivity index (χ0v) is 37.8. The Bertz CT molecular complexity index is 2670. The van der Waals surface area contributed by atoms with E-state index in [1.165, 1.54) is 44.3 Å². The van der Waals surface area contributed by atoms with Gasteiger partial charge < -0.3 is 49.4 Å². The Hall–Kier alpha value is -5.84. The second-order valence-electron chi connectivity index (χ2n) is 17.4. The van der Waals surface area contributed by atoms with E-state index >= 15 is 0 Å². The van der Waals surface area contributed by atoms with Crippen molar-refractivity contribution in [3.8, 4) is 22.1 Å². The van der Waals surface area contributed by atoms with Crippen LogP contribution in [0.3, 0.4) is 0 Å². The first-order chi connectivity index (χ1) is 29.7. The third-order valence-electron chi connectivity index (χ3n) is 13.0. The fraction of sp³-hybridized carbons (Fsp3) is 0.447. The van der Waals surface area contributed by atoms with Gasteiger partial charge in [0, 0.05) is 87.1 Å². The van der Waals surface area contributed by atoms with Gasteiger partial charge in [-0.05, 0) is 32.1 Å². The van der Waals surface area contributed by atoms with Crippen LogP contribution in [0.15, 0.2) is 53.1 Å². The highest BCUT2D eigenvalue weighted by Crippen LogP contribution is 2.52. The van der Waals surface area contributed by atoms with Crippen molar-refractivity contribution in [2.75, 3.05) is 42.3 Å². The molecule has 5 heterocycles. The van der Waals surface area contributed by atoms with Crippen LogP contribution in [0, 0.1) is 36.5 Å². The van der Waals surface area contributed by atoms with Crippen molar-refractivity contribution < 1.29 is 48.7 Å². The molecule has 63 heavy (non-hydrogen) atoms. The second kappa shape index (κ2) is 17.0. The standard InChI is InChI=1S/C47H54N4O11S/c1-21-12-11-13-22(2)46(59)49-37-41(57)34-33(36-44(37)63-32-19-31-30(18-29(32)48-36)50(9)15-16-51(31)10)35-43(26(6)40(34)56)62-47(8,45(35)58)60-17-14-28(20-52)23(3)42(61-27(7)53)25(5)39(55)24(4)38(21)54/h11-14,17-21,23-25,28,38-39,42,54-56H,15-16H2,1-10H3,(H,49,59)/b12-11+,17-14+,22-13-/t21-,23+,24+,25+,28+,38-,39+,42+,47-/m0/s1. The molecule has 1 amide bonds. The van der Waals surface area contributed by atoms with Gasteiger partial charge in [0.05, 0.1) is 61.6 Å². The molecule has 0 saturated carbocycles. The monoisotopic (exact) mass is 882 g/mol. The van der Waals surface area contributed by atoms with Crippen molar-refractivity contribution in [3.63, 3.8) is 0 Å². The summed E-state index contributed by atoms with van der Waals surface area (Å²) in [6.07, 6.45) is 4.72. The summed E-state index contributed by atoms with van der Waals surface area (Å²) in [4.78, 5) is 78.2. The largest absolute Gasteiger partial charge is 0.507 e. The van der Waals surface area contributed by atoms with Crippen LogP contribution in [-0.4, -0.2) is 95.5 Å². The van der Waals surface area contributed by atoms with E-state index in [1.54, 1.807) is 46.8 Å². The zero-order valence-electron chi connectivity index (χ0n) is 37.0. The smallest absolute Gasteiger partial charge is 0.312 e. The summed E-state index contributed by atoms with van der Waals surface area (Å²) in [6.45, 7) is 14.0. The van der Waals surface area contributed by atoms with Gasteiger partial charge in [-0.15, -0.1) is 11.3 Å².